The Balaban J connectivity index is -0.000000539. The van der Waals surface area contributed by atoms with Crippen LogP contribution in [0.5, 0.6) is 11.5 Å². The molecule has 35 heavy (non-hydrogen) atoms. The molecule has 2 aromatic rings. The summed E-state index contributed by atoms with van der Waals surface area (Å²) in [5.74, 6) is -0.373. The number of para-hydroxylation sites is 2. The van der Waals surface area contributed by atoms with Crippen molar-refractivity contribution in [1.82, 2.24) is 0 Å². The van der Waals surface area contributed by atoms with E-state index in [2.05, 4.69) is 9.05 Å². The fourth-order valence-electron chi connectivity index (χ4n) is 1.70. The maximum Gasteiger partial charge on any atom is 2.00 e. The molecule has 0 heterocycles. The molecule has 0 spiro atoms. The van der Waals surface area contributed by atoms with Gasteiger partial charge >= 0.3 is 147 Å². The van der Waals surface area contributed by atoms with Crippen molar-refractivity contribution in [2.45, 2.75) is 11.2 Å². The third kappa shape index (κ3) is 16.4. The zero-order valence-corrected chi connectivity index (χ0v) is 34.5. The summed E-state index contributed by atoms with van der Waals surface area (Å²) in [6, 6.07) is 13.8. The molecule has 0 aromatic heterocycles. The number of benzene rings is 2. The Bertz CT molecular complexity index is 979. The summed E-state index contributed by atoms with van der Waals surface area (Å²) < 4.78 is 51.5. The second-order valence-corrected chi connectivity index (χ2v) is 13.1. The molecule has 2 N–H and O–H groups in total. The van der Waals surface area contributed by atoms with Crippen molar-refractivity contribution in [1.29, 1.82) is 0 Å². The minimum Gasteiger partial charge on any atom is -0.809 e. The molecule has 180 valence electrons. The van der Waals surface area contributed by atoms with E-state index in [9.17, 15) is 47.6 Å². The molecule has 2 aromatic carbocycles. The van der Waals surface area contributed by atoms with Crippen molar-refractivity contribution in [3.63, 3.8) is 0 Å². The van der Waals surface area contributed by atoms with Crippen LogP contribution in [0.15, 0.2) is 60.7 Å². The van der Waals surface area contributed by atoms with Crippen LogP contribution in [0.4, 0.5) is 0 Å². The van der Waals surface area contributed by atoms with Crippen LogP contribution in [-0.4, -0.2) is 168 Å². The van der Waals surface area contributed by atoms with Crippen LogP contribution >= 0.6 is 30.4 Å². The molecule has 2 rings (SSSR count). The maximum absolute atomic E-state index is 11.1. The van der Waals surface area contributed by atoms with Crippen molar-refractivity contribution in [3.8, 4) is 11.5 Å². The number of aliphatic hydroxyl groups excluding tert-OH is 2. The summed E-state index contributed by atoms with van der Waals surface area (Å²) in [5, 5.41) is 17.6. The third-order valence-electron chi connectivity index (χ3n) is 3.08. The van der Waals surface area contributed by atoms with Gasteiger partial charge < -0.3 is 57.8 Å². The van der Waals surface area contributed by atoms with E-state index in [1.165, 1.54) is 48.5 Å². The van der Waals surface area contributed by atoms with Gasteiger partial charge in [-0.2, -0.15) is 0 Å². The van der Waals surface area contributed by atoms with Crippen molar-refractivity contribution in [2.75, 3.05) is 0 Å². The van der Waals surface area contributed by atoms with Crippen LogP contribution in [0, 0.1) is 0 Å². The van der Waals surface area contributed by atoms with Gasteiger partial charge in [0.25, 0.3) is 0 Å². The molecule has 4 unspecified atom stereocenters. The van der Waals surface area contributed by atoms with E-state index < -0.39 is 41.6 Å². The quantitative estimate of drug-likeness (QED) is 0.192. The van der Waals surface area contributed by atoms with E-state index in [1.54, 1.807) is 12.1 Å². The molecule has 0 bridgehead atoms. The van der Waals surface area contributed by atoms with Gasteiger partial charge in [0.2, 0.25) is 15.2 Å². The molecule has 21 heteroatoms. The Labute approximate surface area is 320 Å². The van der Waals surface area contributed by atoms with E-state index in [4.69, 9.17) is 10.2 Å². The first kappa shape index (κ1) is 42.8. The van der Waals surface area contributed by atoms with Crippen LogP contribution in [0.25, 0.3) is 0 Å². The SMILES string of the molecule is O=P([O-])([O-])C(O)P(=O)([O-])Oc1ccccc1.O=P([O-])([O-])C(O)P(=O)([O-])Oc1ccccc1.[Ba+2].[Ba+2].[Ba+2]. The number of hydrogen-bond donors (Lipinski definition) is 2. The van der Waals surface area contributed by atoms with E-state index in [-0.39, 0.29) is 158 Å². The fourth-order valence-corrected chi connectivity index (χ4v) is 5.77. The minimum atomic E-state index is -5.66. The van der Waals surface area contributed by atoms with Crippen molar-refractivity contribution < 1.29 is 66.9 Å². The van der Waals surface area contributed by atoms with Crippen LogP contribution in [0.1, 0.15) is 0 Å². The Morgan fingerprint density at radius 3 is 0.971 bits per heavy atom. The molecule has 4 atom stereocenters. The Hall–Kier alpha value is 3.35. The topological polar surface area (TPSA) is 266 Å². The van der Waals surface area contributed by atoms with Gasteiger partial charge in [0.05, 0.1) is 0 Å². The van der Waals surface area contributed by atoms with Gasteiger partial charge in [-0.1, -0.05) is 36.4 Å². The summed E-state index contributed by atoms with van der Waals surface area (Å²) in [7, 11) is -21.7. The second-order valence-electron chi connectivity index (χ2n) is 5.66. The average Bonchev–Trinajstić information content (AvgIpc) is 2.67. The molecule has 0 aliphatic heterocycles. The predicted octanol–water partition coefficient (Wildman–Crippen LogP) is -3.53. The van der Waals surface area contributed by atoms with E-state index >= 15 is 0 Å². The molecule has 0 aliphatic carbocycles. The largest absolute Gasteiger partial charge is 2.00 e. The van der Waals surface area contributed by atoms with Crippen LogP contribution < -0.4 is 38.4 Å². The van der Waals surface area contributed by atoms with Crippen LogP contribution in [0.3, 0.4) is 0 Å². The van der Waals surface area contributed by atoms with Gasteiger partial charge in [-0.15, -0.1) is 0 Å². The smallest absolute Gasteiger partial charge is 0.809 e. The minimum absolute atomic E-state index is 0. The third-order valence-corrected chi connectivity index (χ3v) is 9.67. The number of aliphatic hydroxyl groups is 2. The average molecular weight is 942 g/mol. The Kier molecular flexibility index (Phi) is 22.9. The summed E-state index contributed by atoms with van der Waals surface area (Å²) >= 11 is 0. The van der Waals surface area contributed by atoms with Gasteiger partial charge in [0, 0.05) is 0 Å². The summed E-state index contributed by atoms with van der Waals surface area (Å²) in [6.45, 7) is 0. The standard InChI is InChI=1S/2C7H10O7P2.3Ba/c2*8-7(15(9,10)11)16(12,13)14-6-4-2-1-3-5-6;;;/h2*1-5,7-8H,(H,12,13)(H2,9,10,11);;;/q;;3*+2/p-6. The van der Waals surface area contributed by atoms with E-state index in [0.29, 0.717) is 0 Å². The summed E-state index contributed by atoms with van der Waals surface area (Å²) in [5.41, 5.74) is -6.17. The normalized spacial score (nSPS) is 16.0. The van der Waals surface area contributed by atoms with Crippen LogP contribution in [-0.2, 0) is 18.3 Å². The molecular weight excluding hydrogens is 928 g/mol. The van der Waals surface area contributed by atoms with Crippen molar-refractivity contribution in [2.24, 2.45) is 0 Å². The molecule has 0 aliphatic rings. The van der Waals surface area contributed by atoms with Crippen molar-refractivity contribution >= 4 is 177 Å². The zero-order chi connectivity index (χ0) is 24.8. The summed E-state index contributed by atoms with van der Waals surface area (Å²) in [6.07, 6.45) is 0. The van der Waals surface area contributed by atoms with Gasteiger partial charge in [-0.05, 0) is 39.5 Å². The molecule has 14 nitrogen and oxygen atoms in total. The first-order valence-corrected chi connectivity index (χ1v) is 14.4. The fraction of sp³-hybridized carbons (Fsp3) is 0.143. The molecule has 0 saturated heterocycles. The molecule has 0 fully saturated rings. The molecular formula is C14H14Ba3O14P4. The van der Waals surface area contributed by atoms with Gasteiger partial charge in [-0.3, -0.25) is 9.13 Å². The van der Waals surface area contributed by atoms with Crippen molar-refractivity contribution in [3.05, 3.63) is 60.7 Å². The number of hydrogen-bond acceptors (Lipinski definition) is 14. The van der Waals surface area contributed by atoms with E-state index in [1.807, 2.05) is 0 Å². The van der Waals surface area contributed by atoms with E-state index in [0.717, 1.165) is 0 Å². The molecule has 0 radical (unpaired) electrons. The molecule has 0 saturated carbocycles. The van der Waals surface area contributed by atoms with Crippen LogP contribution in [0.2, 0.25) is 0 Å². The van der Waals surface area contributed by atoms with Gasteiger partial charge in [0.15, 0.2) is 11.2 Å². The summed E-state index contributed by atoms with van der Waals surface area (Å²) in [4.78, 5) is 63.6. The second kappa shape index (κ2) is 18.7. The Morgan fingerprint density at radius 1 is 0.543 bits per heavy atom. The first-order chi connectivity index (χ1) is 14.5. The predicted molar refractivity (Wildman–Crippen MR) is 114 cm³/mol. The monoisotopic (exact) mass is 944 g/mol. The Morgan fingerprint density at radius 2 is 0.771 bits per heavy atom. The number of rotatable bonds is 8. The molecule has 0 amide bonds. The maximum atomic E-state index is 11.1. The van der Waals surface area contributed by atoms with Gasteiger partial charge in [-0.25, -0.2) is 0 Å². The van der Waals surface area contributed by atoms with Gasteiger partial charge in [0.1, 0.15) is 11.5 Å². The zero-order valence-electron chi connectivity index (χ0n) is 17.6. The first-order valence-electron chi connectivity index (χ1n) is 7.97.